The Morgan fingerprint density at radius 1 is 1.04 bits per heavy atom. The molecule has 0 heterocycles. The number of rotatable bonds is 7. The first-order valence-electron chi connectivity index (χ1n) is 7.96. The maximum atomic E-state index is 12.1. The van der Waals surface area contributed by atoms with Crippen molar-refractivity contribution >= 4 is 17.9 Å². The molecule has 1 aromatic rings. The lowest BCUT2D eigenvalue weighted by Gasteiger charge is -2.24. The van der Waals surface area contributed by atoms with Crippen LogP contribution in [0.5, 0.6) is 11.5 Å². The van der Waals surface area contributed by atoms with E-state index in [0.717, 1.165) is 6.08 Å². The fourth-order valence-corrected chi connectivity index (χ4v) is 2.59. The molecule has 0 atom stereocenters. The molecule has 0 spiro atoms. The molecule has 7 nitrogen and oxygen atoms in total. The summed E-state index contributed by atoms with van der Waals surface area (Å²) in [5.74, 6) is -1.54. The number of esters is 2. The summed E-state index contributed by atoms with van der Waals surface area (Å²) < 4.78 is 15.2. The van der Waals surface area contributed by atoms with E-state index < -0.39 is 11.9 Å². The van der Waals surface area contributed by atoms with Crippen LogP contribution < -0.4 is 9.47 Å². The number of hydrogen-bond acceptors (Lipinski definition) is 6. The van der Waals surface area contributed by atoms with Gasteiger partial charge in [0.1, 0.15) is 11.5 Å². The third-order valence-corrected chi connectivity index (χ3v) is 4.05. The molecule has 0 amide bonds. The summed E-state index contributed by atoms with van der Waals surface area (Å²) in [5, 5.41) is 8.97. The number of carboxylic acids is 1. The molecule has 0 aromatic heterocycles. The Balaban J connectivity index is 1.78. The Morgan fingerprint density at radius 2 is 1.60 bits per heavy atom. The molecular weight excluding hydrogens is 328 g/mol. The third-order valence-electron chi connectivity index (χ3n) is 4.05. The van der Waals surface area contributed by atoms with Crippen LogP contribution in [-0.4, -0.2) is 29.8 Å². The quantitative estimate of drug-likeness (QED) is 0.350. The van der Waals surface area contributed by atoms with Gasteiger partial charge in [-0.3, -0.25) is 9.59 Å². The second-order valence-corrected chi connectivity index (χ2v) is 5.71. The highest BCUT2D eigenvalue weighted by Gasteiger charge is 2.30. The van der Waals surface area contributed by atoms with E-state index in [4.69, 9.17) is 14.6 Å². The summed E-state index contributed by atoms with van der Waals surface area (Å²) in [4.78, 5) is 33.9. The van der Waals surface area contributed by atoms with Crippen LogP contribution in [0, 0.1) is 11.8 Å². The number of benzene rings is 1. The summed E-state index contributed by atoms with van der Waals surface area (Å²) in [7, 11) is 0. The van der Waals surface area contributed by atoms with Gasteiger partial charge in [-0.1, -0.05) is 6.58 Å². The Morgan fingerprint density at radius 3 is 2.16 bits per heavy atom. The average Bonchev–Trinajstić information content (AvgIpc) is 2.63. The molecule has 1 aromatic carbocycles. The van der Waals surface area contributed by atoms with Gasteiger partial charge in [-0.05, 0) is 49.9 Å². The maximum Gasteiger partial charge on any atom is 0.333 e. The van der Waals surface area contributed by atoms with Crippen molar-refractivity contribution in [1.29, 1.82) is 0 Å². The average molecular weight is 348 g/mol. The van der Waals surface area contributed by atoms with Crippen LogP contribution in [-0.2, 0) is 19.1 Å². The van der Waals surface area contributed by atoms with Crippen LogP contribution in [0.3, 0.4) is 0 Å². The summed E-state index contributed by atoms with van der Waals surface area (Å²) in [6.45, 7) is 3.03. The minimum atomic E-state index is -0.804. The number of carbonyl (C=O) groups excluding carboxylic acids is 2. The zero-order chi connectivity index (χ0) is 18.2. The molecule has 0 unspecified atom stereocenters. The Labute approximate surface area is 145 Å². The molecule has 1 saturated carbocycles. The molecule has 25 heavy (non-hydrogen) atoms. The van der Waals surface area contributed by atoms with Crippen LogP contribution in [0.2, 0.25) is 0 Å². The summed E-state index contributed by atoms with van der Waals surface area (Å²) in [5.41, 5.74) is 0. The van der Waals surface area contributed by atoms with Crippen molar-refractivity contribution in [1.82, 2.24) is 0 Å². The van der Waals surface area contributed by atoms with E-state index in [1.165, 1.54) is 0 Å². The molecule has 7 heteroatoms. The van der Waals surface area contributed by atoms with Crippen LogP contribution in [0.25, 0.3) is 0 Å². The van der Waals surface area contributed by atoms with Gasteiger partial charge in [0.2, 0.25) is 6.79 Å². The van der Waals surface area contributed by atoms with Crippen molar-refractivity contribution in [2.24, 2.45) is 11.8 Å². The van der Waals surface area contributed by atoms with E-state index in [9.17, 15) is 14.4 Å². The Hall–Kier alpha value is -2.83. The molecule has 1 fully saturated rings. The Bertz CT molecular complexity index is 627. The van der Waals surface area contributed by atoms with E-state index in [1.54, 1.807) is 24.3 Å². The van der Waals surface area contributed by atoms with E-state index in [0.29, 0.717) is 37.2 Å². The number of aliphatic carboxylic acids is 1. The van der Waals surface area contributed by atoms with Crippen molar-refractivity contribution in [3.05, 3.63) is 36.9 Å². The lowest BCUT2D eigenvalue weighted by molar-refractivity contribution is -0.146. The smallest absolute Gasteiger partial charge is 0.333 e. The summed E-state index contributed by atoms with van der Waals surface area (Å²) in [6, 6.07) is 6.33. The largest absolute Gasteiger partial charge is 0.481 e. The third kappa shape index (κ3) is 5.63. The van der Waals surface area contributed by atoms with Gasteiger partial charge in [0.25, 0.3) is 0 Å². The van der Waals surface area contributed by atoms with Gasteiger partial charge in [-0.15, -0.1) is 0 Å². The Kier molecular flexibility index (Phi) is 6.56. The molecule has 1 N–H and O–H groups in total. The first-order chi connectivity index (χ1) is 12.0. The van der Waals surface area contributed by atoms with Crippen LogP contribution in [0.4, 0.5) is 0 Å². The summed E-state index contributed by atoms with van der Waals surface area (Å²) in [6.07, 6.45) is 3.06. The van der Waals surface area contributed by atoms with Crippen LogP contribution in [0.1, 0.15) is 25.7 Å². The lowest BCUT2D eigenvalue weighted by atomic mass is 9.82. The molecule has 1 aliphatic rings. The molecule has 134 valence electrons. The zero-order valence-electron chi connectivity index (χ0n) is 13.7. The van der Waals surface area contributed by atoms with Gasteiger partial charge in [0.05, 0.1) is 11.8 Å². The molecule has 0 bridgehead atoms. The number of ether oxygens (including phenoxy) is 3. The first kappa shape index (κ1) is 18.5. The van der Waals surface area contributed by atoms with Gasteiger partial charge >= 0.3 is 17.9 Å². The molecule has 0 radical (unpaired) electrons. The van der Waals surface area contributed by atoms with E-state index in [2.05, 4.69) is 11.3 Å². The van der Waals surface area contributed by atoms with Gasteiger partial charge < -0.3 is 19.3 Å². The van der Waals surface area contributed by atoms with E-state index in [1.807, 2.05) is 0 Å². The van der Waals surface area contributed by atoms with Gasteiger partial charge in [-0.2, -0.15) is 0 Å². The molecule has 0 saturated heterocycles. The van der Waals surface area contributed by atoms with Gasteiger partial charge in [0, 0.05) is 6.08 Å². The number of hydrogen-bond donors (Lipinski definition) is 1. The zero-order valence-corrected chi connectivity index (χ0v) is 13.7. The number of carbonyl (C=O) groups is 3. The van der Waals surface area contributed by atoms with Crippen molar-refractivity contribution in [3.63, 3.8) is 0 Å². The van der Waals surface area contributed by atoms with Crippen LogP contribution >= 0.6 is 0 Å². The van der Waals surface area contributed by atoms with Crippen molar-refractivity contribution in [3.8, 4) is 11.5 Å². The van der Waals surface area contributed by atoms with Crippen molar-refractivity contribution in [2.45, 2.75) is 25.7 Å². The predicted molar refractivity (Wildman–Crippen MR) is 86.9 cm³/mol. The minimum Gasteiger partial charge on any atom is -0.481 e. The molecule has 1 aliphatic carbocycles. The fraction of sp³-hybridized carbons (Fsp3) is 0.389. The second-order valence-electron chi connectivity index (χ2n) is 5.71. The van der Waals surface area contributed by atoms with Crippen molar-refractivity contribution in [2.75, 3.05) is 6.79 Å². The topological polar surface area (TPSA) is 99.1 Å². The fourth-order valence-electron chi connectivity index (χ4n) is 2.59. The standard InChI is InChI=1S/C18H20O7/c1-2-16(19)24-11-23-14-7-9-15(10-8-14)25-18(22)13-5-3-12(4-6-13)17(20)21/h2,7-10,12-13H,1,3-6,11H2,(H,20,21). The number of carboxylic acid groups (broad SMARTS) is 1. The highest BCUT2D eigenvalue weighted by molar-refractivity contribution is 5.81. The first-order valence-corrected chi connectivity index (χ1v) is 7.96. The highest BCUT2D eigenvalue weighted by Crippen LogP contribution is 2.30. The highest BCUT2D eigenvalue weighted by atomic mass is 16.7. The van der Waals surface area contributed by atoms with Crippen LogP contribution in [0.15, 0.2) is 36.9 Å². The van der Waals surface area contributed by atoms with Gasteiger partial charge in [0.15, 0.2) is 0 Å². The molecule has 0 aliphatic heterocycles. The van der Waals surface area contributed by atoms with Gasteiger partial charge in [-0.25, -0.2) is 4.79 Å². The van der Waals surface area contributed by atoms with E-state index >= 15 is 0 Å². The van der Waals surface area contributed by atoms with Crippen molar-refractivity contribution < 1.29 is 33.7 Å². The SMILES string of the molecule is C=CC(=O)OCOc1ccc(OC(=O)C2CCC(C(=O)O)CC2)cc1. The lowest BCUT2D eigenvalue weighted by Crippen LogP contribution is -2.28. The maximum absolute atomic E-state index is 12.1. The monoisotopic (exact) mass is 348 g/mol. The van der Waals surface area contributed by atoms with E-state index in [-0.39, 0.29) is 24.6 Å². The molecule has 2 rings (SSSR count). The predicted octanol–water partition coefficient (Wildman–Crippen LogP) is 2.55. The normalized spacial score (nSPS) is 19.5. The molecular formula is C18H20O7. The summed E-state index contributed by atoms with van der Waals surface area (Å²) >= 11 is 0. The minimum absolute atomic E-state index is 0.239. The second kappa shape index (κ2) is 8.86.